The molecule has 7 heteroatoms. The zero-order chi connectivity index (χ0) is 16.3. The number of hydrogen-bond acceptors (Lipinski definition) is 2. The van der Waals surface area contributed by atoms with E-state index in [0.717, 1.165) is 25.7 Å². The Balaban J connectivity index is 2.03. The van der Waals surface area contributed by atoms with Gasteiger partial charge in [-0.1, -0.05) is 12.8 Å². The fraction of sp³-hybridized carbons (Fsp3) is 0.533. The molecule has 0 saturated heterocycles. The first-order valence-electron chi connectivity index (χ1n) is 7.27. The zero-order valence-corrected chi connectivity index (χ0v) is 13.4. The molecule has 1 aliphatic carbocycles. The predicted molar refractivity (Wildman–Crippen MR) is 85.4 cm³/mol. The molecule has 0 spiro atoms. The van der Waals surface area contributed by atoms with Crippen molar-refractivity contribution < 1.29 is 13.2 Å². The van der Waals surface area contributed by atoms with Crippen LogP contribution in [0.4, 0.5) is 18.9 Å². The van der Waals surface area contributed by atoms with Gasteiger partial charge < -0.3 is 15.5 Å². The smallest absolute Gasteiger partial charge is 0.171 e. The molecule has 2 N–H and O–H groups in total. The van der Waals surface area contributed by atoms with E-state index in [1.807, 2.05) is 14.1 Å². The topological polar surface area (TPSA) is 27.3 Å². The molecule has 0 bridgehead atoms. The summed E-state index contributed by atoms with van der Waals surface area (Å²) in [7, 11) is 4.00. The van der Waals surface area contributed by atoms with Crippen molar-refractivity contribution in [3.8, 4) is 0 Å². The molecule has 2 unspecified atom stereocenters. The van der Waals surface area contributed by atoms with Crippen molar-refractivity contribution in [1.29, 1.82) is 0 Å². The number of hydrogen-bond donors (Lipinski definition) is 2. The number of thiocarbonyl (C=S) groups is 1. The van der Waals surface area contributed by atoms with Gasteiger partial charge in [0.2, 0.25) is 0 Å². The minimum atomic E-state index is -1.01. The Labute approximate surface area is 133 Å². The molecular weight excluding hydrogens is 311 g/mol. The van der Waals surface area contributed by atoms with Crippen LogP contribution in [0.25, 0.3) is 0 Å². The molecule has 1 fully saturated rings. The summed E-state index contributed by atoms with van der Waals surface area (Å²) in [5, 5.41) is 5.76. The first kappa shape index (κ1) is 17.0. The molecule has 0 amide bonds. The Morgan fingerprint density at radius 3 is 2.32 bits per heavy atom. The summed E-state index contributed by atoms with van der Waals surface area (Å²) in [6, 6.07) is 1.68. The van der Waals surface area contributed by atoms with E-state index in [1.165, 1.54) is 0 Å². The van der Waals surface area contributed by atoms with Crippen LogP contribution in [0.3, 0.4) is 0 Å². The Morgan fingerprint density at radius 1 is 1.14 bits per heavy atom. The van der Waals surface area contributed by atoms with Crippen LogP contribution in [0.15, 0.2) is 12.1 Å². The van der Waals surface area contributed by atoms with Crippen molar-refractivity contribution in [2.45, 2.75) is 37.8 Å². The normalized spacial score (nSPS) is 21.7. The fourth-order valence-corrected chi connectivity index (χ4v) is 3.13. The molecule has 122 valence electrons. The van der Waals surface area contributed by atoms with Crippen LogP contribution in [0, 0.1) is 17.5 Å². The number of rotatable bonds is 3. The van der Waals surface area contributed by atoms with E-state index in [0.29, 0.717) is 18.2 Å². The average Bonchev–Trinajstić information content (AvgIpc) is 2.43. The monoisotopic (exact) mass is 331 g/mol. The molecule has 1 aromatic carbocycles. The highest BCUT2D eigenvalue weighted by molar-refractivity contribution is 7.80. The summed E-state index contributed by atoms with van der Waals surface area (Å²) in [6.07, 6.45) is 4.23. The predicted octanol–water partition coefficient (Wildman–Crippen LogP) is 3.26. The highest BCUT2D eigenvalue weighted by Crippen LogP contribution is 2.23. The summed E-state index contributed by atoms with van der Waals surface area (Å²) in [4.78, 5) is 2.12. The molecule has 2 atom stereocenters. The second kappa shape index (κ2) is 7.28. The van der Waals surface area contributed by atoms with Gasteiger partial charge in [-0.2, -0.15) is 0 Å². The molecule has 1 aliphatic rings. The number of nitrogens with zero attached hydrogens (tertiary/aromatic N) is 1. The van der Waals surface area contributed by atoms with Gasteiger partial charge in [0, 0.05) is 24.2 Å². The highest BCUT2D eigenvalue weighted by Gasteiger charge is 2.27. The van der Waals surface area contributed by atoms with Crippen molar-refractivity contribution >= 4 is 23.0 Å². The average molecular weight is 331 g/mol. The molecule has 0 aromatic heterocycles. The van der Waals surface area contributed by atoms with Gasteiger partial charge in [-0.05, 0) is 39.2 Å². The van der Waals surface area contributed by atoms with Crippen LogP contribution in [0.5, 0.6) is 0 Å². The first-order valence-corrected chi connectivity index (χ1v) is 7.68. The molecular formula is C15H20F3N3S. The number of anilines is 1. The van der Waals surface area contributed by atoms with Crippen LogP contribution in [0.1, 0.15) is 25.7 Å². The van der Waals surface area contributed by atoms with E-state index in [9.17, 15) is 13.2 Å². The third-order valence-electron chi connectivity index (χ3n) is 3.95. The SMILES string of the molecule is CN(C)C1CCCCC1NC(=S)Nc1c(F)cc(F)cc1F. The van der Waals surface area contributed by atoms with Gasteiger partial charge in [0.1, 0.15) is 11.5 Å². The summed E-state index contributed by atoms with van der Waals surface area (Å²) >= 11 is 5.14. The Hall–Kier alpha value is -1.34. The highest BCUT2D eigenvalue weighted by atomic mass is 32.1. The van der Waals surface area contributed by atoms with Crippen molar-refractivity contribution in [3.05, 3.63) is 29.6 Å². The van der Waals surface area contributed by atoms with Gasteiger partial charge in [-0.15, -0.1) is 0 Å². The van der Waals surface area contributed by atoms with Crippen molar-refractivity contribution in [2.24, 2.45) is 0 Å². The minimum Gasteiger partial charge on any atom is -0.358 e. The summed E-state index contributed by atoms with van der Waals surface area (Å²) < 4.78 is 40.1. The van der Waals surface area contributed by atoms with Crippen LogP contribution in [-0.4, -0.2) is 36.2 Å². The molecule has 0 radical (unpaired) electrons. The van der Waals surface area contributed by atoms with Gasteiger partial charge >= 0.3 is 0 Å². The van der Waals surface area contributed by atoms with Crippen molar-refractivity contribution in [3.63, 3.8) is 0 Å². The van der Waals surface area contributed by atoms with Gasteiger partial charge in [0.25, 0.3) is 0 Å². The van der Waals surface area contributed by atoms with Gasteiger partial charge in [-0.25, -0.2) is 13.2 Å². The van der Waals surface area contributed by atoms with Crippen LogP contribution >= 0.6 is 12.2 Å². The van der Waals surface area contributed by atoms with Gasteiger partial charge in [-0.3, -0.25) is 0 Å². The van der Waals surface area contributed by atoms with E-state index in [2.05, 4.69) is 15.5 Å². The van der Waals surface area contributed by atoms with Gasteiger partial charge in [0.15, 0.2) is 16.7 Å². The second-order valence-corrected chi connectivity index (χ2v) is 6.17. The van der Waals surface area contributed by atoms with E-state index in [-0.39, 0.29) is 11.2 Å². The largest absolute Gasteiger partial charge is 0.358 e. The first-order chi connectivity index (χ1) is 10.4. The Morgan fingerprint density at radius 2 is 1.73 bits per heavy atom. The summed E-state index contributed by atoms with van der Waals surface area (Å²) in [6.45, 7) is 0. The van der Waals surface area contributed by atoms with E-state index < -0.39 is 23.1 Å². The van der Waals surface area contributed by atoms with Crippen LogP contribution < -0.4 is 10.6 Å². The van der Waals surface area contributed by atoms with Crippen LogP contribution in [0.2, 0.25) is 0 Å². The molecule has 2 rings (SSSR count). The third-order valence-corrected chi connectivity index (χ3v) is 4.17. The third kappa shape index (κ3) is 4.10. The molecule has 0 aliphatic heterocycles. The lowest BCUT2D eigenvalue weighted by molar-refractivity contribution is 0.190. The molecule has 1 aromatic rings. The van der Waals surface area contributed by atoms with Crippen LogP contribution in [-0.2, 0) is 0 Å². The van der Waals surface area contributed by atoms with Gasteiger partial charge in [0.05, 0.1) is 0 Å². The maximum absolute atomic E-state index is 13.6. The maximum Gasteiger partial charge on any atom is 0.171 e. The molecule has 0 heterocycles. The van der Waals surface area contributed by atoms with Crippen molar-refractivity contribution in [2.75, 3.05) is 19.4 Å². The molecule has 3 nitrogen and oxygen atoms in total. The lowest BCUT2D eigenvalue weighted by atomic mass is 9.90. The van der Waals surface area contributed by atoms with E-state index in [1.54, 1.807) is 0 Å². The van der Waals surface area contributed by atoms with Crippen molar-refractivity contribution in [1.82, 2.24) is 10.2 Å². The lowest BCUT2D eigenvalue weighted by Gasteiger charge is -2.37. The Bertz CT molecular complexity index is 528. The number of halogens is 3. The lowest BCUT2D eigenvalue weighted by Crippen LogP contribution is -2.52. The number of benzene rings is 1. The molecule has 22 heavy (non-hydrogen) atoms. The quantitative estimate of drug-likeness (QED) is 0.832. The van der Waals surface area contributed by atoms with E-state index >= 15 is 0 Å². The fourth-order valence-electron chi connectivity index (χ4n) is 2.88. The molecule has 1 saturated carbocycles. The minimum absolute atomic E-state index is 0.121. The number of likely N-dealkylation sites (N-methyl/N-ethyl adjacent to an activating group) is 1. The standard InChI is InChI=1S/C15H20F3N3S/c1-21(2)13-6-4-3-5-12(13)19-15(22)20-14-10(17)7-9(16)8-11(14)18/h7-8,12-13H,3-6H2,1-2H3,(H2,19,20,22). The number of nitrogens with one attached hydrogen (secondary N) is 2. The summed E-state index contributed by atoms with van der Waals surface area (Å²) in [5.74, 6) is -2.97. The summed E-state index contributed by atoms with van der Waals surface area (Å²) in [5.41, 5.74) is -0.434. The maximum atomic E-state index is 13.6. The zero-order valence-electron chi connectivity index (χ0n) is 12.6. The second-order valence-electron chi connectivity index (χ2n) is 5.76. The Kier molecular flexibility index (Phi) is 5.63. The van der Waals surface area contributed by atoms with E-state index in [4.69, 9.17) is 12.2 Å².